The van der Waals surface area contributed by atoms with Crippen molar-refractivity contribution in [1.82, 2.24) is 5.32 Å². The van der Waals surface area contributed by atoms with Crippen molar-refractivity contribution in [2.45, 2.75) is 18.5 Å². The summed E-state index contributed by atoms with van der Waals surface area (Å²) in [6, 6.07) is 5.53. The highest BCUT2D eigenvalue weighted by Gasteiger charge is 2.37. The van der Waals surface area contributed by atoms with Crippen LogP contribution in [0, 0.1) is 5.92 Å². The number of hydrogen-bond donors (Lipinski definition) is 1. The molecule has 0 radical (unpaired) electrons. The van der Waals surface area contributed by atoms with Crippen LogP contribution in [0.2, 0.25) is 0 Å². The van der Waals surface area contributed by atoms with Crippen LogP contribution < -0.4 is 5.32 Å². The van der Waals surface area contributed by atoms with Crippen molar-refractivity contribution in [2.24, 2.45) is 5.92 Å². The van der Waals surface area contributed by atoms with Crippen molar-refractivity contribution >= 4 is 5.97 Å². The Hall–Kier alpha value is -1.56. The smallest absolute Gasteiger partial charge is 0.416 e. The van der Waals surface area contributed by atoms with E-state index in [0.717, 1.165) is 6.07 Å². The number of nitrogens with one attached hydrogen (secondary N) is 1. The van der Waals surface area contributed by atoms with Gasteiger partial charge in [-0.3, -0.25) is 4.79 Å². The molecule has 6 heteroatoms. The first kappa shape index (κ1) is 14.8. The first-order valence-corrected chi connectivity index (χ1v) is 6.38. The number of carbonyl (C=O) groups excluding carboxylic acids is 1. The van der Waals surface area contributed by atoms with Crippen LogP contribution in [0.4, 0.5) is 13.2 Å². The minimum absolute atomic E-state index is 0.237. The van der Waals surface area contributed by atoms with E-state index in [1.807, 2.05) is 0 Å². The summed E-state index contributed by atoms with van der Waals surface area (Å²) in [6.45, 7) is 0.873. The van der Waals surface area contributed by atoms with Crippen molar-refractivity contribution in [2.75, 3.05) is 20.2 Å². The number of piperidine rings is 1. The van der Waals surface area contributed by atoms with Crippen LogP contribution in [0.25, 0.3) is 0 Å². The zero-order valence-corrected chi connectivity index (χ0v) is 11.0. The van der Waals surface area contributed by atoms with Crippen LogP contribution in [-0.2, 0) is 15.7 Å². The van der Waals surface area contributed by atoms with Crippen molar-refractivity contribution in [3.63, 3.8) is 0 Å². The largest absolute Gasteiger partial charge is 0.469 e. The Morgan fingerprint density at radius 1 is 1.30 bits per heavy atom. The van der Waals surface area contributed by atoms with E-state index < -0.39 is 17.7 Å². The monoisotopic (exact) mass is 287 g/mol. The maximum atomic E-state index is 13.0. The summed E-state index contributed by atoms with van der Waals surface area (Å²) in [5.74, 6) is -1.13. The van der Waals surface area contributed by atoms with Crippen LogP contribution in [0.1, 0.15) is 23.5 Å². The predicted octanol–water partition coefficient (Wildman–Crippen LogP) is 2.57. The normalized spacial score (nSPS) is 23.4. The highest BCUT2D eigenvalue weighted by molar-refractivity contribution is 5.72. The molecule has 1 N–H and O–H groups in total. The van der Waals surface area contributed by atoms with Gasteiger partial charge in [0.2, 0.25) is 0 Å². The van der Waals surface area contributed by atoms with Gasteiger partial charge in [-0.15, -0.1) is 0 Å². The molecular formula is C14H16F3NO2. The van der Waals surface area contributed by atoms with Crippen molar-refractivity contribution < 1.29 is 22.7 Å². The summed E-state index contributed by atoms with van der Waals surface area (Å²) in [5, 5.41) is 3.01. The lowest BCUT2D eigenvalue weighted by molar-refractivity contribution is -0.146. The third-order valence-electron chi connectivity index (χ3n) is 3.59. The highest BCUT2D eigenvalue weighted by atomic mass is 19.4. The number of esters is 1. The van der Waals surface area contributed by atoms with Gasteiger partial charge in [0, 0.05) is 13.1 Å². The van der Waals surface area contributed by atoms with E-state index in [1.165, 1.54) is 19.2 Å². The number of methoxy groups -OCH3 is 1. The first-order chi connectivity index (χ1) is 9.43. The van der Waals surface area contributed by atoms with Gasteiger partial charge in [-0.25, -0.2) is 0 Å². The predicted molar refractivity (Wildman–Crippen MR) is 67.2 cm³/mol. The molecule has 0 unspecified atom stereocenters. The number of rotatable bonds is 2. The minimum atomic E-state index is -4.38. The van der Waals surface area contributed by atoms with E-state index >= 15 is 0 Å². The molecule has 0 spiro atoms. The molecule has 1 saturated heterocycles. The molecule has 1 aromatic carbocycles. The lowest BCUT2D eigenvalue weighted by Crippen LogP contribution is -2.39. The van der Waals surface area contributed by atoms with Crippen molar-refractivity contribution in [3.05, 3.63) is 35.4 Å². The van der Waals surface area contributed by atoms with Gasteiger partial charge in [0.15, 0.2) is 0 Å². The van der Waals surface area contributed by atoms with Crippen LogP contribution in [-0.4, -0.2) is 26.2 Å². The summed E-state index contributed by atoms with van der Waals surface area (Å²) in [7, 11) is 1.29. The molecule has 0 aromatic heterocycles. The van der Waals surface area contributed by atoms with E-state index in [1.54, 1.807) is 6.07 Å². The average molecular weight is 287 g/mol. The first-order valence-electron chi connectivity index (χ1n) is 6.38. The summed E-state index contributed by atoms with van der Waals surface area (Å²) in [6.07, 6.45) is -4.01. The van der Waals surface area contributed by atoms with Gasteiger partial charge < -0.3 is 10.1 Å². The van der Waals surface area contributed by atoms with Gasteiger partial charge in [-0.2, -0.15) is 13.2 Å². The lowest BCUT2D eigenvalue weighted by atomic mass is 9.83. The quantitative estimate of drug-likeness (QED) is 0.850. The molecule has 1 aliphatic rings. The molecule has 0 bridgehead atoms. The molecule has 2 atom stereocenters. The molecule has 1 aliphatic heterocycles. The second-order valence-electron chi connectivity index (χ2n) is 4.90. The molecule has 1 heterocycles. The molecule has 0 amide bonds. The molecule has 1 fully saturated rings. The van der Waals surface area contributed by atoms with E-state index in [-0.39, 0.29) is 17.5 Å². The lowest BCUT2D eigenvalue weighted by Gasteiger charge is -2.30. The van der Waals surface area contributed by atoms with E-state index in [9.17, 15) is 18.0 Å². The fraction of sp³-hybridized carbons (Fsp3) is 0.500. The van der Waals surface area contributed by atoms with Gasteiger partial charge >= 0.3 is 12.1 Å². The van der Waals surface area contributed by atoms with Crippen LogP contribution in [0.3, 0.4) is 0 Å². The summed E-state index contributed by atoms with van der Waals surface area (Å²) >= 11 is 0. The molecule has 1 aromatic rings. The molecule has 0 aliphatic carbocycles. The number of halogens is 3. The van der Waals surface area contributed by atoms with Crippen molar-refractivity contribution in [3.8, 4) is 0 Å². The third kappa shape index (κ3) is 3.12. The van der Waals surface area contributed by atoms with Gasteiger partial charge in [0.1, 0.15) is 0 Å². The van der Waals surface area contributed by atoms with Crippen molar-refractivity contribution in [1.29, 1.82) is 0 Å². The summed E-state index contributed by atoms with van der Waals surface area (Å²) in [5.41, 5.74) is -0.390. The third-order valence-corrected chi connectivity index (χ3v) is 3.59. The van der Waals surface area contributed by atoms with Crippen LogP contribution >= 0.6 is 0 Å². The zero-order chi connectivity index (χ0) is 14.8. The molecule has 3 nitrogen and oxygen atoms in total. The highest BCUT2D eigenvalue weighted by Crippen LogP contribution is 2.37. The fourth-order valence-electron chi connectivity index (χ4n) is 2.64. The van der Waals surface area contributed by atoms with Gasteiger partial charge in [0.05, 0.1) is 18.6 Å². The summed E-state index contributed by atoms with van der Waals surface area (Å²) < 4.78 is 43.7. The second kappa shape index (κ2) is 5.83. The molecule has 2 rings (SSSR count). The van der Waals surface area contributed by atoms with Gasteiger partial charge in [-0.1, -0.05) is 18.2 Å². The van der Waals surface area contributed by atoms with Gasteiger partial charge in [0.25, 0.3) is 0 Å². The number of benzene rings is 1. The Kier molecular flexibility index (Phi) is 4.32. The molecule has 20 heavy (non-hydrogen) atoms. The van der Waals surface area contributed by atoms with Gasteiger partial charge in [-0.05, 0) is 24.0 Å². The Morgan fingerprint density at radius 3 is 2.65 bits per heavy atom. The molecule has 110 valence electrons. The zero-order valence-electron chi connectivity index (χ0n) is 11.0. The number of alkyl halides is 3. The van der Waals surface area contributed by atoms with E-state index in [0.29, 0.717) is 19.5 Å². The van der Waals surface area contributed by atoms with Crippen LogP contribution in [0.5, 0.6) is 0 Å². The summed E-state index contributed by atoms with van der Waals surface area (Å²) in [4.78, 5) is 11.5. The Morgan fingerprint density at radius 2 is 2.00 bits per heavy atom. The number of carbonyl (C=O) groups is 1. The minimum Gasteiger partial charge on any atom is -0.469 e. The van der Waals surface area contributed by atoms with E-state index in [2.05, 4.69) is 10.1 Å². The molecule has 0 saturated carbocycles. The maximum Gasteiger partial charge on any atom is 0.416 e. The SMILES string of the molecule is COC(=O)[C@@H]1CNC[C@@H](c2ccccc2C(F)(F)F)C1. The second-order valence-corrected chi connectivity index (χ2v) is 4.90. The Balaban J connectivity index is 2.26. The maximum absolute atomic E-state index is 13.0. The number of ether oxygens (including phenoxy) is 1. The fourth-order valence-corrected chi connectivity index (χ4v) is 2.64. The average Bonchev–Trinajstić information content (AvgIpc) is 2.45. The van der Waals surface area contributed by atoms with E-state index in [4.69, 9.17) is 0 Å². The van der Waals surface area contributed by atoms with Crippen LogP contribution in [0.15, 0.2) is 24.3 Å². The standard InChI is InChI=1S/C14H16F3NO2/c1-20-13(19)10-6-9(7-18-8-10)11-4-2-3-5-12(11)14(15,16)17/h2-5,9-10,18H,6-8H2,1H3/t9-,10-/m0/s1. The Labute approximate surface area is 115 Å². The topological polar surface area (TPSA) is 38.3 Å². The number of hydrogen-bond acceptors (Lipinski definition) is 3. The Bertz CT molecular complexity index is 488. The molecular weight excluding hydrogens is 271 g/mol.